The Kier molecular flexibility index (Phi) is 5.97. The third-order valence-corrected chi connectivity index (χ3v) is 9.40. The Morgan fingerprint density at radius 3 is 1.13 bits per heavy atom. The lowest BCUT2D eigenvalue weighted by Crippen LogP contribution is -1.98. The molecule has 0 atom stereocenters. The molecule has 9 rings (SSSR count). The standard InChI is InChI=1S/C44H32N2/c1-29-11-15-33(16-12-29)41-25-37-27-44-38(28-43(37)45(41)39-21-19-31-7-3-5-9-35(31)23-39)26-42(34-17-13-30(2)14-18-34)46(44)40-22-20-32-8-4-6-10-36(32)24-40/h3-28H,1-2H3. The summed E-state index contributed by atoms with van der Waals surface area (Å²) in [7, 11) is 0. The molecule has 0 bridgehead atoms. The minimum atomic E-state index is 1.16. The van der Waals surface area contributed by atoms with Gasteiger partial charge in [-0.25, -0.2) is 0 Å². The molecule has 0 saturated carbocycles. The summed E-state index contributed by atoms with van der Waals surface area (Å²) in [6, 6.07) is 58.1. The zero-order chi connectivity index (χ0) is 30.8. The van der Waals surface area contributed by atoms with Crippen molar-refractivity contribution in [2.24, 2.45) is 0 Å². The summed E-state index contributed by atoms with van der Waals surface area (Å²) in [6.45, 7) is 4.29. The zero-order valence-electron chi connectivity index (χ0n) is 25.9. The Morgan fingerprint density at radius 2 is 0.717 bits per heavy atom. The van der Waals surface area contributed by atoms with E-state index in [4.69, 9.17) is 0 Å². The molecule has 0 unspecified atom stereocenters. The minimum absolute atomic E-state index is 1.16. The molecule has 218 valence electrons. The van der Waals surface area contributed by atoms with E-state index in [9.17, 15) is 0 Å². The van der Waals surface area contributed by atoms with Crippen LogP contribution in [0.4, 0.5) is 0 Å². The number of benzene rings is 7. The SMILES string of the molecule is Cc1ccc(-c2cc3cc4c(cc(-c5ccc(C)cc5)n4-c4ccc5ccccc5c4)cc3n2-c2ccc3ccccc3c2)cc1. The molecule has 2 heteroatoms. The third kappa shape index (κ3) is 4.34. The highest BCUT2D eigenvalue weighted by molar-refractivity contribution is 6.03. The quantitative estimate of drug-likeness (QED) is 0.194. The molecule has 0 amide bonds. The summed E-state index contributed by atoms with van der Waals surface area (Å²) in [6.07, 6.45) is 0. The molecule has 2 heterocycles. The molecular weight excluding hydrogens is 556 g/mol. The van der Waals surface area contributed by atoms with E-state index in [2.05, 4.69) is 181 Å². The second-order valence-corrected chi connectivity index (χ2v) is 12.5. The molecule has 0 aliphatic heterocycles. The van der Waals surface area contributed by atoms with Crippen LogP contribution in [0, 0.1) is 13.8 Å². The van der Waals surface area contributed by atoms with Crippen molar-refractivity contribution in [1.82, 2.24) is 9.13 Å². The van der Waals surface area contributed by atoms with Gasteiger partial charge in [0.1, 0.15) is 0 Å². The third-order valence-electron chi connectivity index (χ3n) is 9.40. The summed E-state index contributed by atoms with van der Waals surface area (Å²) in [5.41, 5.74) is 12.0. The minimum Gasteiger partial charge on any atom is -0.309 e. The molecule has 0 spiro atoms. The highest BCUT2D eigenvalue weighted by atomic mass is 15.0. The van der Waals surface area contributed by atoms with Gasteiger partial charge in [0.05, 0.1) is 22.4 Å². The van der Waals surface area contributed by atoms with Crippen LogP contribution in [0.25, 0.3) is 77.2 Å². The lowest BCUT2D eigenvalue weighted by Gasteiger charge is -2.14. The van der Waals surface area contributed by atoms with Crippen molar-refractivity contribution in [2.45, 2.75) is 13.8 Å². The lowest BCUT2D eigenvalue weighted by atomic mass is 10.1. The predicted molar refractivity (Wildman–Crippen MR) is 195 cm³/mol. The van der Waals surface area contributed by atoms with Gasteiger partial charge < -0.3 is 9.13 Å². The molecule has 0 N–H and O–H groups in total. The van der Waals surface area contributed by atoms with Gasteiger partial charge in [0.2, 0.25) is 0 Å². The van der Waals surface area contributed by atoms with Gasteiger partial charge in [0, 0.05) is 22.1 Å². The number of aromatic nitrogens is 2. The van der Waals surface area contributed by atoms with Crippen LogP contribution >= 0.6 is 0 Å². The average Bonchev–Trinajstić information content (AvgIpc) is 3.65. The summed E-state index contributed by atoms with van der Waals surface area (Å²) < 4.78 is 4.87. The molecule has 0 aliphatic carbocycles. The van der Waals surface area contributed by atoms with Gasteiger partial charge in [-0.15, -0.1) is 0 Å². The molecule has 9 aromatic rings. The van der Waals surface area contributed by atoms with Crippen molar-refractivity contribution in [1.29, 1.82) is 0 Å². The Labute approximate surface area is 268 Å². The van der Waals surface area contributed by atoms with Gasteiger partial charge in [-0.3, -0.25) is 0 Å². The Balaban J connectivity index is 1.35. The highest BCUT2D eigenvalue weighted by Crippen LogP contribution is 2.39. The summed E-state index contributed by atoms with van der Waals surface area (Å²) >= 11 is 0. The fraction of sp³-hybridized carbons (Fsp3) is 0.0455. The zero-order valence-corrected chi connectivity index (χ0v) is 25.9. The van der Waals surface area contributed by atoms with Crippen molar-refractivity contribution < 1.29 is 0 Å². The van der Waals surface area contributed by atoms with Crippen LogP contribution in [0.15, 0.2) is 158 Å². The van der Waals surface area contributed by atoms with Crippen LogP contribution in [-0.2, 0) is 0 Å². The van der Waals surface area contributed by atoms with Crippen LogP contribution in [0.2, 0.25) is 0 Å². The van der Waals surface area contributed by atoms with Gasteiger partial charge in [-0.2, -0.15) is 0 Å². The monoisotopic (exact) mass is 588 g/mol. The summed E-state index contributed by atoms with van der Waals surface area (Å²) in [4.78, 5) is 0. The second-order valence-electron chi connectivity index (χ2n) is 12.5. The molecule has 7 aromatic carbocycles. The van der Waals surface area contributed by atoms with Crippen molar-refractivity contribution in [3.63, 3.8) is 0 Å². The highest BCUT2D eigenvalue weighted by Gasteiger charge is 2.19. The molecule has 0 radical (unpaired) electrons. The van der Waals surface area contributed by atoms with Crippen LogP contribution < -0.4 is 0 Å². The molecule has 0 aliphatic rings. The largest absolute Gasteiger partial charge is 0.309 e. The maximum Gasteiger partial charge on any atom is 0.0542 e. The predicted octanol–water partition coefficient (Wildman–Crippen LogP) is 11.8. The number of rotatable bonds is 4. The van der Waals surface area contributed by atoms with E-state index in [1.165, 1.54) is 77.0 Å². The van der Waals surface area contributed by atoms with Crippen molar-refractivity contribution in [3.8, 4) is 33.9 Å². The fourth-order valence-electron chi connectivity index (χ4n) is 6.97. The first-order chi connectivity index (χ1) is 22.6. The smallest absolute Gasteiger partial charge is 0.0542 e. The summed E-state index contributed by atoms with van der Waals surface area (Å²) in [5.74, 6) is 0. The van der Waals surface area contributed by atoms with E-state index >= 15 is 0 Å². The lowest BCUT2D eigenvalue weighted by molar-refractivity contribution is 1.13. The maximum atomic E-state index is 2.44. The normalized spacial score (nSPS) is 11.7. The van der Waals surface area contributed by atoms with E-state index < -0.39 is 0 Å². The van der Waals surface area contributed by atoms with Gasteiger partial charge >= 0.3 is 0 Å². The van der Waals surface area contributed by atoms with Gasteiger partial charge in [-0.05, 0) is 95.1 Å². The number of fused-ring (bicyclic) bond motifs is 4. The maximum absolute atomic E-state index is 2.44. The first-order valence-electron chi connectivity index (χ1n) is 15.9. The Morgan fingerprint density at radius 1 is 0.326 bits per heavy atom. The first-order valence-corrected chi connectivity index (χ1v) is 15.9. The second kappa shape index (κ2) is 10.4. The van der Waals surface area contributed by atoms with Gasteiger partial charge in [-0.1, -0.05) is 120 Å². The van der Waals surface area contributed by atoms with E-state index in [-0.39, 0.29) is 0 Å². The first kappa shape index (κ1) is 26.5. The molecule has 0 fully saturated rings. The number of hydrogen-bond acceptors (Lipinski definition) is 0. The Bertz CT molecular complexity index is 2400. The van der Waals surface area contributed by atoms with E-state index in [0.29, 0.717) is 0 Å². The van der Waals surface area contributed by atoms with E-state index in [1.54, 1.807) is 0 Å². The van der Waals surface area contributed by atoms with Gasteiger partial charge in [0.25, 0.3) is 0 Å². The van der Waals surface area contributed by atoms with Crippen molar-refractivity contribution >= 4 is 43.4 Å². The molecule has 2 nitrogen and oxygen atoms in total. The van der Waals surface area contributed by atoms with Crippen LogP contribution in [0.1, 0.15) is 11.1 Å². The molecule has 46 heavy (non-hydrogen) atoms. The van der Waals surface area contributed by atoms with Crippen molar-refractivity contribution in [3.05, 3.63) is 169 Å². The van der Waals surface area contributed by atoms with E-state index in [1.807, 2.05) is 0 Å². The van der Waals surface area contributed by atoms with E-state index in [0.717, 1.165) is 11.4 Å². The molecular formula is C44H32N2. The number of hydrogen-bond donors (Lipinski definition) is 0. The average molecular weight is 589 g/mol. The number of aryl methyl sites for hydroxylation is 2. The van der Waals surface area contributed by atoms with Crippen LogP contribution in [-0.4, -0.2) is 9.13 Å². The number of nitrogens with zero attached hydrogens (tertiary/aromatic N) is 2. The fourth-order valence-corrected chi connectivity index (χ4v) is 6.97. The Hall–Kier alpha value is -5.86. The summed E-state index contributed by atoms with van der Waals surface area (Å²) in [5, 5.41) is 7.40. The molecule has 2 aromatic heterocycles. The topological polar surface area (TPSA) is 9.86 Å². The van der Waals surface area contributed by atoms with Crippen LogP contribution in [0.3, 0.4) is 0 Å². The van der Waals surface area contributed by atoms with Crippen molar-refractivity contribution in [2.75, 3.05) is 0 Å². The van der Waals surface area contributed by atoms with Crippen LogP contribution in [0.5, 0.6) is 0 Å². The molecule has 0 saturated heterocycles. The van der Waals surface area contributed by atoms with Gasteiger partial charge in [0.15, 0.2) is 0 Å².